The standard InChI is InChI=1S/C24H17ClN2O4/c25-22-13-11-16-14-17(10-12-19(16)26-22)24(29)30-15-23(28)27-20-8-4-5-9-21(20)31-18-6-2-1-3-7-18/h1-14H,15H2,(H,27,28). The van der Waals surface area contributed by atoms with Crippen molar-refractivity contribution in [3.05, 3.63) is 95.6 Å². The lowest BCUT2D eigenvalue weighted by Crippen LogP contribution is -2.21. The van der Waals surface area contributed by atoms with Gasteiger partial charge < -0.3 is 14.8 Å². The number of anilines is 1. The van der Waals surface area contributed by atoms with E-state index in [-0.39, 0.29) is 0 Å². The lowest BCUT2D eigenvalue weighted by atomic mass is 10.1. The highest BCUT2D eigenvalue weighted by molar-refractivity contribution is 6.29. The number of benzene rings is 3. The Labute approximate surface area is 183 Å². The fourth-order valence-electron chi connectivity index (χ4n) is 2.90. The topological polar surface area (TPSA) is 77.5 Å². The molecule has 0 fully saturated rings. The maximum atomic E-state index is 12.3. The van der Waals surface area contributed by atoms with Gasteiger partial charge in [0.15, 0.2) is 12.4 Å². The molecule has 154 valence electrons. The van der Waals surface area contributed by atoms with E-state index < -0.39 is 18.5 Å². The third-order valence-corrected chi connectivity index (χ3v) is 4.57. The lowest BCUT2D eigenvalue weighted by Gasteiger charge is -2.12. The van der Waals surface area contributed by atoms with Crippen LogP contribution < -0.4 is 10.1 Å². The molecule has 0 atom stereocenters. The third kappa shape index (κ3) is 5.18. The molecule has 0 spiro atoms. The zero-order valence-electron chi connectivity index (χ0n) is 16.2. The summed E-state index contributed by atoms with van der Waals surface area (Å²) in [6.07, 6.45) is 0. The number of amides is 1. The first-order valence-electron chi connectivity index (χ1n) is 9.44. The first-order chi connectivity index (χ1) is 15.1. The van der Waals surface area contributed by atoms with E-state index >= 15 is 0 Å². The van der Waals surface area contributed by atoms with E-state index in [1.54, 1.807) is 54.6 Å². The van der Waals surface area contributed by atoms with Gasteiger partial charge in [0.1, 0.15) is 10.9 Å². The van der Waals surface area contributed by atoms with Gasteiger partial charge in [-0.15, -0.1) is 0 Å². The van der Waals surface area contributed by atoms with Crippen LogP contribution in [0.5, 0.6) is 11.5 Å². The van der Waals surface area contributed by atoms with Gasteiger partial charge in [-0.1, -0.05) is 41.9 Å². The summed E-state index contributed by atoms with van der Waals surface area (Å²) in [5, 5.41) is 3.82. The minimum atomic E-state index is -0.610. The van der Waals surface area contributed by atoms with Gasteiger partial charge in [0.05, 0.1) is 16.8 Å². The number of pyridine rings is 1. The summed E-state index contributed by atoms with van der Waals surface area (Å²) in [7, 11) is 0. The maximum absolute atomic E-state index is 12.3. The molecule has 1 heterocycles. The summed E-state index contributed by atoms with van der Waals surface area (Å²) in [4.78, 5) is 28.9. The molecule has 0 aliphatic rings. The molecule has 4 aromatic rings. The molecule has 0 bridgehead atoms. The van der Waals surface area contributed by atoms with Crippen molar-refractivity contribution in [1.29, 1.82) is 0 Å². The average molecular weight is 433 g/mol. The summed E-state index contributed by atoms with van der Waals surface area (Å²) < 4.78 is 11.0. The van der Waals surface area contributed by atoms with E-state index in [1.807, 2.05) is 30.3 Å². The van der Waals surface area contributed by atoms with Gasteiger partial charge in [0, 0.05) is 5.39 Å². The number of nitrogens with zero attached hydrogens (tertiary/aromatic N) is 1. The number of hydrogen-bond donors (Lipinski definition) is 1. The first-order valence-corrected chi connectivity index (χ1v) is 9.81. The minimum absolute atomic E-state index is 0.317. The molecular weight excluding hydrogens is 416 g/mol. The predicted molar refractivity (Wildman–Crippen MR) is 119 cm³/mol. The lowest BCUT2D eigenvalue weighted by molar-refractivity contribution is -0.119. The van der Waals surface area contributed by atoms with Gasteiger partial charge in [-0.05, 0) is 54.6 Å². The number of esters is 1. The Morgan fingerprint density at radius 1 is 0.903 bits per heavy atom. The van der Waals surface area contributed by atoms with E-state index in [1.165, 1.54) is 0 Å². The number of fused-ring (bicyclic) bond motifs is 1. The van der Waals surface area contributed by atoms with E-state index in [0.29, 0.717) is 33.4 Å². The number of para-hydroxylation sites is 3. The van der Waals surface area contributed by atoms with Gasteiger partial charge >= 0.3 is 5.97 Å². The van der Waals surface area contributed by atoms with E-state index in [4.69, 9.17) is 21.1 Å². The zero-order valence-corrected chi connectivity index (χ0v) is 17.0. The maximum Gasteiger partial charge on any atom is 0.338 e. The molecule has 0 saturated carbocycles. The second-order valence-corrected chi connectivity index (χ2v) is 6.96. The summed E-state index contributed by atoms with van der Waals surface area (Å²) in [5.74, 6) is 0.0318. The summed E-state index contributed by atoms with van der Waals surface area (Å²) in [6.45, 7) is -0.435. The van der Waals surface area contributed by atoms with Crippen molar-refractivity contribution < 1.29 is 19.1 Å². The largest absolute Gasteiger partial charge is 0.455 e. The van der Waals surface area contributed by atoms with Crippen LogP contribution in [0.25, 0.3) is 10.9 Å². The number of ether oxygens (including phenoxy) is 2. The van der Waals surface area contributed by atoms with E-state index in [9.17, 15) is 9.59 Å². The van der Waals surface area contributed by atoms with Crippen molar-refractivity contribution >= 4 is 40.1 Å². The number of hydrogen-bond acceptors (Lipinski definition) is 5. The van der Waals surface area contributed by atoms with Crippen LogP contribution in [-0.2, 0) is 9.53 Å². The molecule has 4 rings (SSSR count). The smallest absolute Gasteiger partial charge is 0.338 e. The summed E-state index contributed by atoms with van der Waals surface area (Å²) in [6, 6.07) is 24.5. The monoisotopic (exact) mass is 432 g/mol. The highest BCUT2D eigenvalue weighted by atomic mass is 35.5. The van der Waals surface area contributed by atoms with Crippen LogP contribution in [0.1, 0.15) is 10.4 Å². The Morgan fingerprint density at radius 2 is 1.68 bits per heavy atom. The van der Waals surface area contributed by atoms with Crippen molar-refractivity contribution in [2.24, 2.45) is 0 Å². The number of aromatic nitrogens is 1. The molecule has 1 aromatic heterocycles. The second kappa shape index (κ2) is 9.28. The van der Waals surface area contributed by atoms with Crippen molar-refractivity contribution in [1.82, 2.24) is 4.98 Å². The molecular formula is C24H17ClN2O4. The van der Waals surface area contributed by atoms with Gasteiger partial charge in [-0.3, -0.25) is 4.79 Å². The van der Waals surface area contributed by atoms with Crippen LogP contribution in [0.15, 0.2) is 84.9 Å². The quantitative estimate of drug-likeness (QED) is 0.322. The molecule has 31 heavy (non-hydrogen) atoms. The molecule has 1 amide bonds. The van der Waals surface area contributed by atoms with Crippen LogP contribution >= 0.6 is 11.6 Å². The highest BCUT2D eigenvalue weighted by Gasteiger charge is 2.13. The van der Waals surface area contributed by atoms with Crippen LogP contribution in [0.3, 0.4) is 0 Å². The Balaban J connectivity index is 1.38. The van der Waals surface area contributed by atoms with Crippen LogP contribution in [-0.4, -0.2) is 23.5 Å². The van der Waals surface area contributed by atoms with Crippen molar-refractivity contribution in [2.75, 3.05) is 11.9 Å². The predicted octanol–water partition coefficient (Wildman–Crippen LogP) is 5.48. The Kier molecular flexibility index (Phi) is 6.10. The van der Waals surface area contributed by atoms with Crippen LogP contribution in [0.4, 0.5) is 5.69 Å². The van der Waals surface area contributed by atoms with Gasteiger partial charge in [0.2, 0.25) is 0 Å². The number of rotatable bonds is 6. The van der Waals surface area contributed by atoms with E-state index in [0.717, 1.165) is 5.39 Å². The molecule has 0 aliphatic carbocycles. The summed E-state index contributed by atoms with van der Waals surface area (Å²) in [5.41, 5.74) is 1.45. The highest BCUT2D eigenvalue weighted by Crippen LogP contribution is 2.29. The molecule has 0 unspecified atom stereocenters. The van der Waals surface area contributed by atoms with Crippen LogP contribution in [0, 0.1) is 0 Å². The molecule has 0 radical (unpaired) electrons. The molecule has 3 aromatic carbocycles. The third-order valence-electron chi connectivity index (χ3n) is 4.36. The van der Waals surface area contributed by atoms with Crippen molar-refractivity contribution in [3.63, 3.8) is 0 Å². The van der Waals surface area contributed by atoms with Gasteiger partial charge in [0.25, 0.3) is 5.91 Å². The summed E-state index contributed by atoms with van der Waals surface area (Å²) >= 11 is 5.87. The number of carbonyl (C=O) groups excluding carboxylic acids is 2. The fraction of sp³-hybridized carbons (Fsp3) is 0.0417. The molecule has 0 saturated heterocycles. The van der Waals surface area contributed by atoms with E-state index in [2.05, 4.69) is 10.3 Å². The second-order valence-electron chi connectivity index (χ2n) is 6.58. The van der Waals surface area contributed by atoms with Gasteiger partial charge in [-0.2, -0.15) is 0 Å². The van der Waals surface area contributed by atoms with Gasteiger partial charge in [-0.25, -0.2) is 9.78 Å². The fourth-order valence-corrected chi connectivity index (χ4v) is 3.06. The Hall–Kier alpha value is -3.90. The van der Waals surface area contributed by atoms with Crippen molar-refractivity contribution in [2.45, 2.75) is 0 Å². The molecule has 6 nitrogen and oxygen atoms in total. The zero-order chi connectivity index (χ0) is 21.6. The minimum Gasteiger partial charge on any atom is -0.455 e. The number of nitrogens with one attached hydrogen (secondary N) is 1. The Morgan fingerprint density at radius 3 is 2.52 bits per heavy atom. The SMILES string of the molecule is O=C(COC(=O)c1ccc2nc(Cl)ccc2c1)Nc1ccccc1Oc1ccccc1. The normalized spacial score (nSPS) is 10.5. The average Bonchev–Trinajstić information content (AvgIpc) is 2.79. The number of halogens is 1. The van der Waals surface area contributed by atoms with Crippen LogP contribution in [0.2, 0.25) is 5.15 Å². The molecule has 7 heteroatoms. The van der Waals surface area contributed by atoms with Crippen molar-refractivity contribution in [3.8, 4) is 11.5 Å². The molecule has 1 N–H and O–H groups in total. The Bertz CT molecular complexity index is 1240. The number of carbonyl (C=O) groups is 2. The molecule has 0 aliphatic heterocycles. The first kappa shape index (κ1) is 20.4.